The van der Waals surface area contributed by atoms with E-state index >= 15 is 0 Å². The molecule has 1 aliphatic rings. The molecule has 2 aromatic rings. The van der Waals surface area contributed by atoms with Gasteiger partial charge in [-0.3, -0.25) is 14.9 Å². The van der Waals surface area contributed by atoms with Gasteiger partial charge in [0.15, 0.2) is 5.11 Å². The average molecular weight is 511 g/mol. The van der Waals surface area contributed by atoms with E-state index in [0.29, 0.717) is 32.1 Å². The summed E-state index contributed by atoms with van der Waals surface area (Å²) in [5.74, 6) is -0.396. The molecular weight excluding hydrogens is 485 g/mol. The summed E-state index contributed by atoms with van der Waals surface area (Å²) in [7, 11) is 0. The van der Waals surface area contributed by atoms with Gasteiger partial charge >= 0.3 is 0 Å². The molecule has 5 nitrogen and oxygen atoms in total. The van der Waals surface area contributed by atoms with Crippen LogP contribution in [0.25, 0.3) is 6.08 Å². The van der Waals surface area contributed by atoms with Crippen LogP contribution in [-0.4, -0.2) is 16.9 Å². The third-order valence-electron chi connectivity index (χ3n) is 5.58. The van der Waals surface area contributed by atoms with Crippen molar-refractivity contribution in [2.24, 2.45) is 17.1 Å². The first kappa shape index (κ1) is 24.7. The second kappa shape index (κ2) is 9.91. The van der Waals surface area contributed by atoms with Crippen LogP contribution in [0.4, 0.5) is 5.00 Å². The van der Waals surface area contributed by atoms with E-state index in [9.17, 15) is 9.59 Å². The number of primary amides is 1. The molecule has 9 heteroatoms. The lowest BCUT2D eigenvalue weighted by atomic mass is 9.72. The minimum Gasteiger partial charge on any atom is -0.365 e. The fourth-order valence-electron chi connectivity index (χ4n) is 3.76. The van der Waals surface area contributed by atoms with Gasteiger partial charge in [-0.15, -0.1) is 11.3 Å². The predicted molar refractivity (Wildman–Crippen MR) is 138 cm³/mol. The van der Waals surface area contributed by atoms with Crippen LogP contribution >= 0.6 is 46.8 Å². The first-order valence-corrected chi connectivity index (χ1v) is 12.1. The lowest BCUT2D eigenvalue weighted by molar-refractivity contribution is -0.115. The number of hydrogen-bond donors (Lipinski definition) is 3. The fourth-order valence-corrected chi connectivity index (χ4v) is 5.84. The molecule has 1 aromatic heterocycles. The summed E-state index contributed by atoms with van der Waals surface area (Å²) in [6.07, 6.45) is 5.60. The second-order valence-electron chi connectivity index (χ2n) is 8.82. The molecule has 170 valence electrons. The number of amides is 2. The first-order chi connectivity index (χ1) is 15.0. The minimum atomic E-state index is -0.495. The molecule has 0 unspecified atom stereocenters. The van der Waals surface area contributed by atoms with E-state index in [0.717, 1.165) is 29.7 Å². The fraction of sp³-hybridized carbons (Fsp3) is 0.348. The van der Waals surface area contributed by atoms with Crippen molar-refractivity contribution in [1.82, 2.24) is 5.32 Å². The quantitative estimate of drug-likeness (QED) is 0.357. The number of thiophene rings is 1. The summed E-state index contributed by atoms with van der Waals surface area (Å²) >= 11 is 18.8. The Balaban J connectivity index is 1.71. The monoisotopic (exact) mass is 509 g/mol. The predicted octanol–water partition coefficient (Wildman–Crippen LogP) is 5.83. The zero-order valence-corrected chi connectivity index (χ0v) is 21.2. The maximum Gasteiger partial charge on any atom is 0.251 e. The number of thiocarbonyl (C=S) groups is 1. The van der Waals surface area contributed by atoms with Gasteiger partial charge in [-0.25, -0.2) is 0 Å². The second-order valence-corrected chi connectivity index (χ2v) is 11.2. The van der Waals surface area contributed by atoms with Crippen molar-refractivity contribution in [2.45, 2.75) is 40.0 Å². The van der Waals surface area contributed by atoms with Crippen LogP contribution in [0, 0.1) is 11.3 Å². The molecule has 0 saturated carbocycles. The summed E-state index contributed by atoms with van der Waals surface area (Å²) in [6.45, 7) is 6.71. The van der Waals surface area contributed by atoms with Gasteiger partial charge in [0.1, 0.15) is 5.00 Å². The number of carbonyl (C=O) groups excluding carboxylic acids is 2. The van der Waals surface area contributed by atoms with Crippen LogP contribution in [0.1, 0.15) is 53.6 Å². The van der Waals surface area contributed by atoms with Crippen LogP contribution in [-0.2, 0) is 17.6 Å². The zero-order chi connectivity index (χ0) is 23.6. The Labute approximate surface area is 207 Å². The van der Waals surface area contributed by atoms with E-state index < -0.39 is 11.8 Å². The summed E-state index contributed by atoms with van der Waals surface area (Å²) in [5, 5.41) is 7.20. The number of nitrogens with two attached hydrogens (primary N) is 1. The van der Waals surface area contributed by atoms with E-state index in [1.54, 1.807) is 24.3 Å². The van der Waals surface area contributed by atoms with Crippen LogP contribution in [0.15, 0.2) is 24.3 Å². The summed E-state index contributed by atoms with van der Waals surface area (Å²) in [6, 6.07) is 5.00. The minimum absolute atomic E-state index is 0.0929. The summed E-state index contributed by atoms with van der Waals surface area (Å²) in [5.41, 5.74) is 7.99. The highest BCUT2D eigenvalue weighted by atomic mass is 35.5. The molecular formula is C23H25Cl2N3O2S2. The van der Waals surface area contributed by atoms with Crippen molar-refractivity contribution in [3.05, 3.63) is 55.9 Å². The standard InChI is InChI=1S/C23H25Cl2N3O2S2/c1-23(2,3)13-6-8-15-17(10-13)32-21(19(15)20(26)30)28-22(31)27-18(29)9-5-12-4-7-14(24)11-16(12)25/h4-5,7,9,11,13H,6,8,10H2,1-3H3,(H2,26,30)(H2,27,28,29,31)/b9-5+/t13-/m1/s1. The normalized spacial score (nSPS) is 16.0. The molecule has 0 fully saturated rings. The van der Waals surface area contributed by atoms with E-state index in [1.165, 1.54) is 17.4 Å². The smallest absolute Gasteiger partial charge is 0.251 e. The van der Waals surface area contributed by atoms with Crippen molar-refractivity contribution in [1.29, 1.82) is 0 Å². The lowest BCUT2D eigenvalue weighted by Gasteiger charge is -2.33. The Morgan fingerprint density at radius 3 is 2.62 bits per heavy atom. The van der Waals surface area contributed by atoms with Gasteiger partial charge in [0.2, 0.25) is 5.91 Å². The van der Waals surface area contributed by atoms with E-state index in [2.05, 4.69) is 31.4 Å². The third-order valence-corrected chi connectivity index (χ3v) is 7.51. The molecule has 0 saturated heterocycles. The van der Waals surface area contributed by atoms with Gasteiger partial charge in [0.25, 0.3) is 5.91 Å². The molecule has 0 aliphatic heterocycles. The third kappa shape index (κ3) is 5.90. The molecule has 1 aromatic carbocycles. The maximum atomic E-state index is 12.3. The molecule has 3 rings (SSSR count). The Morgan fingerprint density at radius 1 is 1.28 bits per heavy atom. The van der Waals surface area contributed by atoms with Crippen molar-refractivity contribution in [2.75, 3.05) is 5.32 Å². The number of halogens is 2. The van der Waals surface area contributed by atoms with Gasteiger partial charge in [-0.05, 0) is 72.1 Å². The number of fused-ring (bicyclic) bond motifs is 1. The molecule has 32 heavy (non-hydrogen) atoms. The van der Waals surface area contributed by atoms with Crippen molar-refractivity contribution < 1.29 is 9.59 Å². The molecule has 0 bridgehead atoms. The van der Waals surface area contributed by atoms with Crippen LogP contribution in [0.3, 0.4) is 0 Å². The molecule has 1 aliphatic carbocycles. The molecule has 2 amide bonds. The molecule has 1 atom stereocenters. The SMILES string of the molecule is CC(C)(C)[C@@H]1CCc2c(sc(NC(=S)NC(=O)/C=C/c3ccc(Cl)cc3Cl)c2C(N)=O)C1. The number of anilines is 1. The Hall–Kier alpha value is -1.93. The van der Waals surface area contributed by atoms with E-state index in [-0.39, 0.29) is 10.5 Å². The Bertz CT molecular complexity index is 1100. The topological polar surface area (TPSA) is 84.2 Å². The number of rotatable bonds is 4. The number of hydrogen-bond acceptors (Lipinski definition) is 4. The summed E-state index contributed by atoms with van der Waals surface area (Å²) in [4.78, 5) is 25.6. The van der Waals surface area contributed by atoms with Crippen molar-refractivity contribution in [3.63, 3.8) is 0 Å². The Kier molecular flexibility index (Phi) is 7.65. The van der Waals surface area contributed by atoms with Gasteiger partial charge in [-0.1, -0.05) is 50.0 Å². The summed E-state index contributed by atoms with van der Waals surface area (Å²) < 4.78 is 0. The Morgan fingerprint density at radius 2 is 2.00 bits per heavy atom. The van der Waals surface area contributed by atoms with Crippen LogP contribution < -0.4 is 16.4 Å². The van der Waals surface area contributed by atoms with Gasteiger partial charge in [0.05, 0.1) is 5.56 Å². The van der Waals surface area contributed by atoms with Crippen LogP contribution in [0.5, 0.6) is 0 Å². The number of carbonyl (C=O) groups is 2. The molecule has 1 heterocycles. The highest BCUT2D eigenvalue weighted by molar-refractivity contribution is 7.80. The van der Waals surface area contributed by atoms with Gasteiger partial charge in [-0.2, -0.15) is 0 Å². The van der Waals surface area contributed by atoms with Crippen molar-refractivity contribution >= 4 is 74.8 Å². The number of nitrogens with one attached hydrogen (secondary N) is 2. The molecule has 0 radical (unpaired) electrons. The van der Waals surface area contributed by atoms with E-state index in [4.69, 9.17) is 41.2 Å². The zero-order valence-electron chi connectivity index (χ0n) is 18.1. The van der Waals surface area contributed by atoms with E-state index in [1.807, 2.05) is 0 Å². The maximum absolute atomic E-state index is 12.3. The highest BCUT2D eigenvalue weighted by Crippen LogP contribution is 2.44. The lowest BCUT2D eigenvalue weighted by Crippen LogP contribution is -2.33. The van der Waals surface area contributed by atoms with Crippen LogP contribution in [0.2, 0.25) is 10.0 Å². The highest BCUT2D eigenvalue weighted by Gasteiger charge is 2.33. The largest absolute Gasteiger partial charge is 0.365 e. The first-order valence-electron chi connectivity index (χ1n) is 10.1. The molecule has 4 N–H and O–H groups in total. The van der Waals surface area contributed by atoms with Crippen molar-refractivity contribution in [3.8, 4) is 0 Å². The van der Waals surface area contributed by atoms with Gasteiger partial charge in [0, 0.05) is 21.0 Å². The molecule has 0 spiro atoms. The average Bonchev–Trinajstić information content (AvgIpc) is 3.03. The number of benzene rings is 1. The van der Waals surface area contributed by atoms with Gasteiger partial charge < -0.3 is 11.1 Å².